The summed E-state index contributed by atoms with van der Waals surface area (Å²) in [5, 5.41) is 6.67. The van der Waals surface area contributed by atoms with E-state index >= 15 is 0 Å². The highest BCUT2D eigenvalue weighted by Gasteiger charge is 2.25. The fourth-order valence-electron chi connectivity index (χ4n) is 3.08. The van der Waals surface area contributed by atoms with Gasteiger partial charge in [-0.05, 0) is 25.3 Å². The molecule has 1 aliphatic rings. The van der Waals surface area contributed by atoms with Crippen LogP contribution >= 0.6 is 0 Å². The average Bonchev–Trinajstić information content (AvgIpc) is 3.05. The molecule has 0 bridgehead atoms. The number of hydrogen-bond donors (Lipinski definition) is 2. The Hall–Kier alpha value is -2.14. The summed E-state index contributed by atoms with van der Waals surface area (Å²) in [7, 11) is 1.89. The van der Waals surface area contributed by atoms with E-state index < -0.39 is 0 Å². The smallest absolute Gasteiger partial charge is 0.134 e. The van der Waals surface area contributed by atoms with Gasteiger partial charge >= 0.3 is 0 Å². The molecule has 5 nitrogen and oxygen atoms in total. The second-order valence-corrected chi connectivity index (χ2v) is 6.12. The zero-order valence-corrected chi connectivity index (χ0v) is 13.9. The van der Waals surface area contributed by atoms with Crippen molar-refractivity contribution in [2.45, 2.75) is 32.4 Å². The van der Waals surface area contributed by atoms with Gasteiger partial charge in [0.2, 0.25) is 0 Å². The number of benzene rings is 1. The molecule has 1 saturated heterocycles. The van der Waals surface area contributed by atoms with E-state index in [0.29, 0.717) is 6.04 Å². The topological polar surface area (TPSA) is 53.1 Å². The lowest BCUT2D eigenvalue weighted by molar-refractivity contribution is 0.570. The van der Waals surface area contributed by atoms with Crippen LogP contribution in [0.1, 0.15) is 24.0 Å². The molecule has 122 valence electrons. The van der Waals surface area contributed by atoms with Gasteiger partial charge in [0, 0.05) is 38.8 Å². The molecule has 5 heteroatoms. The van der Waals surface area contributed by atoms with Crippen LogP contribution in [0.5, 0.6) is 0 Å². The SMILES string of the molecule is CNc1cc(N2CCCC2CNCc2ccc(C)cc2)ncn1. The summed E-state index contributed by atoms with van der Waals surface area (Å²) in [5.74, 6) is 1.89. The predicted molar refractivity (Wildman–Crippen MR) is 94.8 cm³/mol. The molecule has 23 heavy (non-hydrogen) atoms. The molecule has 1 aliphatic heterocycles. The van der Waals surface area contributed by atoms with Gasteiger partial charge in [-0.2, -0.15) is 0 Å². The molecule has 2 heterocycles. The first kappa shape index (κ1) is 15.7. The Morgan fingerprint density at radius 3 is 2.83 bits per heavy atom. The van der Waals surface area contributed by atoms with Gasteiger partial charge in [0.15, 0.2) is 0 Å². The second kappa shape index (κ2) is 7.42. The lowest BCUT2D eigenvalue weighted by Gasteiger charge is -2.26. The van der Waals surface area contributed by atoms with Crippen molar-refractivity contribution in [3.63, 3.8) is 0 Å². The van der Waals surface area contributed by atoms with Crippen LogP contribution in [-0.2, 0) is 6.54 Å². The largest absolute Gasteiger partial charge is 0.373 e. The van der Waals surface area contributed by atoms with Crippen LogP contribution in [0.4, 0.5) is 11.6 Å². The third-order valence-electron chi connectivity index (χ3n) is 4.41. The monoisotopic (exact) mass is 311 g/mol. The molecule has 0 aliphatic carbocycles. The molecule has 0 spiro atoms. The standard InChI is InChI=1S/C18H25N5/c1-14-5-7-15(8-6-14)11-20-12-16-4-3-9-23(16)18-10-17(19-2)21-13-22-18/h5-8,10,13,16,20H,3-4,9,11-12H2,1-2H3,(H,19,21,22). The lowest BCUT2D eigenvalue weighted by Crippen LogP contribution is -2.38. The van der Waals surface area contributed by atoms with E-state index in [1.54, 1.807) is 6.33 Å². The van der Waals surface area contributed by atoms with E-state index in [4.69, 9.17) is 0 Å². The summed E-state index contributed by atoms with van der Waals surface area (Å²) in [6.07, 6.45) is 4.06. The molecular weight excluding hydrogens is 286 g/mol. The Morgan fingerprint density at radius 1 is 1.22 bits per heavy atom. The van der Waals surface area contributed by atoms with Crippen molar-refractivity contribution < 1.29 is 0 Å². The van der Waals surface area contributed by atoms with E-state index in [2.05, 4.69) is 56.7 Å². The third-order valence-corrected chi connectivity index (χ3v) is 4.41. The van der Waals surface area contributed by atoms with Crippen LogP contribution < -0.4 is 15.5 Å². The van der Waals surface area contributed by atoms with Gasteiger partial charge < -0.3 is 15.5 Å². The number of rotatable bonds is 6. The molecule has 1 fully saturated rings. The molecule has 3 rings (SSSR count). The minimum Gasteiger partial charge on any atom is -0.373 e. The van der Waals surface area contributed by atoms with Gasteiger partial charge in [0.1, 0.15) is 18.0 Å². The normalized spacial score (nSPS) is 17.5. The summed E-state index contributed by atoms with van der Waals surface area (Å²) >= 11 is 0. The molecule has 0 saturated carbocycles. The summed E-state index contributed by atoms with van der Waals surface area (Å²) in [5.41, 5.74) is 2.64. The van der Waals surface area contributed by atoms with Crippen molar-refractivity contribution >= 4 is 11.6 Å². The summed E-state index contributed by atoms with van der Waals surface area (Å²) in [6, 6.07) is 11.2. The number of aryl methyl sites for hydroxylation is 1. The van der Waals surface area contributed by atoms with Gasteiger partial charge in [0.25, 0.3) is 0 Å². The average molecular weight is 311 g/mol. The van der Waals surface area contributed by atoms with E-state index in [1.165, 1.54) is 24.0 Å². The maximum absolute atomic E-state index is 4.44. The fourth-order valence-corrected chi connectivity index (χ4v) is 3.08. The van der Waals surface area contributed by atoms with E-state index in [9.17, 15) is 0 Å². The zero-order valence-electron chi connectivity index (χ0n) is 13.9. The fraction of sp³-hybridized carbons (Fsp3) is 0.444. The highest BCUT2D eigenvalue weighted by Crippen LogP contribution is 2.24. The number of anilines is 2. The van der Waals surface area contributed by atoms with Gasteiger partial charge in [-0.25, -0.2) is 9.97 Å². The molecule has 2 aromatic rings. The molecule has 1 unspecified atom stereocenters. The van der Waals surface area contributed by atoms with Crippen LogP contribution in [0.3, 0.4) is 0 Å². The van der Waals surface area contributed by atoms with Crippen LogP contribution in [-0.4, -0.2) is 36.1 Å². The number of aromatic nitrogens is 2. The lowest BCUT2D eigenvalue weighted by atomic mass is 10.1. The van der Waals surface area contributed by atoms with Crippen molar-refractivity contribution in [1.82, 2.24) is 15.3 Å². The first-order valence-electron chi connectivity index (χ1n) is 8.29. The Kier molecular flexibility index (Phi) is 5.08. The van der Waals surface area contributed by atoms with Gasteiger partial charge in [-0.15, -0.1) is 0 Å². The number of hydrogen-bond acceptors (Lipinski definition) is 5. The van der Waals surface area contributed by atoms with E-state index in [-0.39, 0.29) is 0 Å². The first-order chi connectivity index (χ1) is 11.3. The molecule has 0 amide bonds. The van der Waals surface area contributed by atoms with E-state index in [1.807, 2.05) is 13.1 Å². The van der Waals surface area contributed by atoms with Crippen molar-refractivity contribution in [3.8, 4) is 0 Å². The molecule has 0 radical (unpaired) electrons. The Bertz CT molecular complexity index is 626. The van der Waals surface area contributed by atoms with Crippen molar-refractivity contribution in [3.05, 3.63) is 47.8 Å². The Labute approximate surface area is 138 Å². The first-order valence-corrected chi connectivity index (χ1v) is 8.29. The number of nitrogens with zero attached hydrogens (tertiary/aromatic N) is 3. The maximum atomic E-state index is 4.44. The van der Waals surface area contributed by atoms with E-state index in [0.717, 1.165) is 31.3 Å². The zero-order chi connectivity index (χ0) is 16.1. The van der Waals surface area contributed by atoms with Gasteiger partial charge in [0.05, 0.1) is 0 Å². The van der Waals surface area contributed by atoms with Gasteiger partial charge in [-0.1, -0.05) is 29.8 Å². The van der Waals surface area contributed by atoms with Gasteiger partial charge in [-0.3, -0.25) is 0 Å². The molecule has 2 N–H and O–H groups in total. The quantitative estimate of drug-likeness (QED) is 0.859. The molecule has 1 aromatic carbocycles. The predicted octanol–water partition coefficient (Wildman–Crippen LogP) is 2.59. The summed E-state index contributed by atoms with van der Waals surface area (Å²) < 4.78 is 0. The van der Waals surface area contributed by atoms with Crippen molar-refractivity contribution in [1.29, 1.82) is 0 Å². The Morgan fingerprint density at radius 2 is 2.04 bits per heavy atom. The van der Waals surface area contributed by atoms with Crippen molar-refractivity contribution in [2.75, 3.05) is 30.4 Å². The summed E-state index contributed by atoms with van der Waals surface area (Å²) in [6.45, 7) is 5.08. The highest BCUT2D eigenvalue weighted by atomic mass is 15.2. The highest BCUT2D eigenvalue weighted by molar-refractivity contribution is 5.49. The minimum atomic E-state index is 0.500. The molecular formula is C18H25N5. The van der Waals surface area contributed by atoms with Crippen molar-refractivity contribution in [2.24, 2.45) is 0 Å². The van der Waals surface area contributed by atoms with Crippen LogP contribution in [0, 0.1) is 6.92 Å². The third kappa shape index (κ3) is 3.99. The molecule has 1 aromatic heterocycles. The summed E-state index contributed by atoms with van der Waals surface area (Å²) in [4.78, 5) is 11.0. The maximum Gasteiger partial charge on any atom is 0.134 e. The second-order valence-electron chi connectivity index (χ2n) is 6.12. The van der Waals surface area contributed by atoms with Crippen LogP contribution in [0.15, 0.2) is 36.7 Å². The number of nitrogens with one attached hydrogen (secondary N) is 2. The minimum absolute atomic E-state index is 0.500. The van der Waals surface area contributed by atoms with Crippen LogP contribution in [0.2, 0.25) is 0 Å². The molecule has 1 atom stereocenters. The van der Waals surface area contributed by atoms with Crippen LogP contribution in [0.25, 0.3) is 0 Å². The Balaban J connectivity index is 1.57.